The predicted molar refractivity (Wildman–Crippen MR) is 73.7 cm³/mol. The van der Waals surface area contributed by atoms with Crippen molar-refractivity contribution < 1.29 is 4.74 Å². The predicted octanol–water partition coefficient (Wildman–Crippen LogP) is 3.72. The Morgan fingerprint density at radius 1 is 1.11 bits per heavy atom. The van der Waals surface area contributed by atoms with Crippen molar-refractivity contribution in [2.75, 3.05) is 0 Å². The van der Waals surface area contributed by atoms with E-state index in [1.54, 1.807) is 18.2 Å². The molecule has 92 valence electrons. The van der Waals surface area contributed by atoms with Gasteiger partial charge in [-0.05, 0) is 30.7 Å². The van der Waals surface area contributed by atoms with Crippen molar-refractivity contribution in [2.45, 2.75) is 6.92 Å². The number of benzene rings is 2. The summed E-state index contributed by atoms with van der Waals surface area (Å²) in [6.45, 7) is 1.95. The molecule has 0 saturated heterocycles. The van der Waals surface area contributed by atoms with Crippen molar-refractivity contribution in [3.05, 3.63) is 58.6 Å². The molecule has 2 aromatic rings. The number of hydrogen-bond acceptors (Lipinski definition) is 2. The van der Waals surface area contributed by atoms with Gasteiger partial charge in [-0.2, -0.15) is 0 Å². The van der Waals surface area contributed by atoms with Gasteiger partial charge in [0.1, 0.15) is 17.3 Å². The number of para-hydroxylation sites is 1. The molecule has 0 radical (unpaired) electrons. The standard InChI is InChI=1S/C14H13ClN2O/c1-9-5-2-3-7-11(9)18-12-8-4-6-10(15)13(12)14(16)17/h2-8H,1H3,(H3,16,17). The lowest BCUT2D eigenvalue weighted by atomic mass is 10.1. The Bertz CT molecular complexity index is 596. The van der Waals surface area contributed by atoms with Gasteiger partial charge in [0, 0.05) is 0 Å². The van der Waals surface area contributed by atoms with Crippen LogP contribution in [0.2, 0.25) is 5.02 Å². The number of rotatable bonds is 3. The number of halogens is 1. The van der Waals surface area contributed by atoms with Crippen LogP contribution in [-0.4, -0.2) is 5.84 Å². The van der Waals surface area contributed by atoms with Crippen LogP contribution in [0.1, 0.15) is 11.1 Å². The Balaban J connectivity index is 2.44. The van der Waals surface area contributed by atoms with Crippen LogP contribution in [-0.2, 0) is 0 Å². The van der Waals surface area contributed by atoms with E-state index in [4.69, 9.17) is 27.5 Å². The zero-order chi connectivity index (χ0) is 13.1. The minimum absolute atomic E-state index is 0.107. The second-order valence-electron chi connectivity index (χ2n) is 3.89. The number of hydrogen-bond donors (Lipinski definition) is 2. The largest absolute Gasteiger partial charge is 0.456 e. The molecule has 0 aromatic heterocycles. The van der Waals surface area contributed by atoms with Gasteiger partial charge in [-0.25, -0.2) is 0 Å². The highest BCUT2D eigenvalue weighted by Crippen LogP contribution is 2.31. The first-order chi connectivity index (χ1) is 8.59. The van der Waals surface area contributed by atoms with Crippen LogP contribution in [0.25, 0.3) is 0 Å². The normalized spacial score (nSPS) is 10.1. The number of aryl methyl sites for hydroxylation is 1. The number of nitrogen functional groups attached to an aromatic ring is 1. The molecule has 18 heavy (non-hydrogen) atoms. The summed E-state index contributed by atoms with van der Waals surface area (Å²) >= 11 is 6.03. The maximum Gasteiger partial charge on any atom is 0.139 e. The molecular formula is C14H13ClN2O. The minimum atomic E-state index is -0.107. The van der Waals surface area contributed by atoms with Crippen LogP contribution < -0.4 is 10.5 Å². The van der Waals surface area contributed by atoms with E-state index in [1.807, 2.05) is 31.2 Å². The molecule has 0 bridgehead atoms. The SMILES string of the molecule is Cc1ccccc1Oc1cccc(Cl)c1C(=N)N. The van der Waals surface area contributed by atoms with Crippen molar-refractivity contribution in [1.29, 1.82) is 5.41 Å². The summed E-state index contributed by atoms with van der Waals surface area (Å²) in [5.41, 5.74) is 6.95. The van der Waals surface area contributed by atoms with Crippen molar-refractivity contribution in [1.82, 2.24) is 0 Å². The molecule has 0 aliphatic carbocycles. The molecule has 0 saturated carbocycles. The van der Waals surface area contributed by atoms with Crippen LogP contribution in [0, 0.1) is 12.3 Å². The molecule has 2 rings (SSSR count). The summed E-state index contributed by atoms with van der Waals surface area (Å²) < 4.78 is 5.78. The third-order valence-corrected chi connectivity index (χ3v) is 2.87. The molecule has 0 aliphatic rings. The third kappa shape index (κ3) is 2.46. The molecule has 0 fully saturated rings. The second kappa shape index (κ2) is 5.10. The first kappa shape index (κ1) is 12.5. The highest BCUT2D eigenvalue weighted by Gasteiger charge is 2.12. The lowest BCUT2D eigenvalue weighted by molar-refractivity contribution is 0.478. The average molecular weight is 261 g/mol. The Kier molecular flexibility index (Phi) is 3.53. The monoisotopic (exact) mass is 260 g/mol. The van der Waals surface area contributed by atoms with E-state index in [0.717, 1.165) is 11.3 Å². The molecular weight excluding hydrogens is 248 g/mol. The van der Waals surface area contributed by atoms with Gasteiger partial charge in [-0.1, -0.05) is 35.9 Å². The first-order valence-electron chi connectivity index (χ1n) is 5.46. The summed E-state index contributed by atoms with van der Waals surface area (Å²) in [5.74, 6) is 1.11. The topological polar surface area (TPSA) is 59.1 Å². The highest BCUT2D eigenvalue weighted by molar-refractivity contribution is 6.34. The molecule has 0 heterocycles. The lowest BCUT2D eigenvalue weighted by Gasteiger charge is -2.13. The maximum atomic E-state index is 7.55. The fourth-order valence-electron chi connectivity index (χ4n) is 1.64. The Morgan fingerprint density at radius 3 is 2.44 bits per heavy atom. The van der Waals surface area contributed by atoms with E-state index >= 15 is 0 Å². The summed E-state index contributed by atoms with van der Waals surface area (Å²) in [7, 11) is 0. The van der Waals surface area contributed by atoms with Crippen molar-refractivity contribution in [3.63, 3.8) is 0 Å². The molecule has 3 nitrogen and oxygen atoms in total. The first-order valence-corrected chi connectivity index (χ1v) is 5.84. The van der Waals surface area contributed by atoms with Crippen LogP contribution >= 0.6 is 11.6 Å². The molecule has 0 amide bonds. The summed E-state index contributed by atoms with van der Waals surface area (Å²) in [6, 6.07) is 12.8. The van der Waals surface area contributed by atoms with Gasteiger partial charge < -0.3 is 10.5 Å². The molecule has 0 aliphatic heterocycles. The number of ether oxygens (including phenoxy) is 1. The quantitative estimate of drug-likeness (QED) is 0.653. The van der Waals surface area contributed by atoms with E-state index in [1.165, 1.54) is 0 Å². The van der Waals surface area contributed by atoms with Crippen LogP contribution in [0.4, 0.5) is 0 Å². The van der Waals surface area contributed by atoms with Crippen LogP contribution in [0.5, 0.6) is 11.5 Å². The fourth-order valence-corrected chi connectivity index (χ4v) is 1.91. The zero-order valence-electron chi connectivity index (χ0n) is 9.91. The van der Waals surface area contributed by atoms with Crippen molar-refractivity contribution in [3.8, 4) is 11.5 Å². The van der Waals surface area contributed by atoms with Gasteiger partial charge in [0.25, 0.3) is 0 Å². The van der Waals surface area contributed by atoms with Gasteiger partial charge >= 0.3 is 0 Å². The van der Waals surface area contributed by atoms with E-state index in [0.29, 0.717) is 16.3 Å². The molecule has 0 atom stereocenters. The van der Waals surface area contributed by atoms with Crippen LogP contribution in [0.3, 0.4) is 0 Å². The van der Waals surface area contributed by atoms with Crippen LogP contribution in [0.15, 0.2) is 42.5 Å². The van der Waals surface area contributed by atoms with E-state index in [2.05, 4.69) is 0 Å². The van der Waals surface area contributed by atoms with Gasteiger partial charge in [-0.15, -0.1) is 0 Å². The van der Waals surface area contributed by atoms with E-state index < -0.39 is 0 Å². The maximum absolute atomic E-state index is 7.55. The minimum Gasteiger partial charge on any atom is -0.456 e. The lowest BCUT2D eigenvalue weighted by Crippen LogP contribution is -2.13. The number of amidine groups is 1. The Hall–Kier alpha value is -2.00. The van der Waals surface area contributed by atoms with Gasteiger partial charge in [-0.3, -0.25) is 5.41 Å². The highest BCUT2D eigenvalue weighted by atomic mass is 35.5. The molecule has 2 aromatic carbocycles. The molecule has 0 spiro atoms. The molecule has 4 heteroatoms. The smallest absolute Gasteiger partial charge is 0.139 e. The Labute approximate surface area is 111 Å². The van der Waals surface area contributed by atoms with Gasteiger partial charge in [0.15, 0.2) is 0 Å². The second-order valence-corrected chi connectivity index (χ2v) is 4.30. The summed E-state index contributed by atoms with van der Waals surface area (Å²) in [6.07, 6.45) is 0. The zero-order valence-corrected chi connectivity index (χ0v) is 10.7. The third-order valence-electron chi connectivity index (χ3n) is 2.56. The fraction of sp³-hybridized carbons (Fsp3) is 0.0714. The Morgan fingerprint density at radius 2 is 1.78 bits per heavy atom. The number of nitrogens with two attached hydrogens (primary N) is 1. The van der Waals surface area contributed by atoms with Crippen molar-refractivity contribution >= 4 is 17.4 Å². The summed E-state index contributed by atoms with van der Waals surface area (Å²) in [4.78, 5) is 0. The van der Waals surface area contributed by atoms with Gasteiger partial charge in [0.2, 0.25) is 0 Å². The average Bonchev–Trinajstić information content (AvgIpc) is 2.31. The number of nitrogens with one attached hydrogen (secondary N) is 1. The summed E-state index contributed by atoms with van der Waals surface area (Å²) in [5, 5.41) is 7.96. The molecule has 0 unspecified atom stereocenters. The van der Waals surface area contributed by atoms with E-state index in [-0.39, 0.29) is 5.84 Å². The van der Waals surface area contributed by atoms with Gasteiger partial charge in [0.05, 0.1) is 10.6 Å². The van der Waals surface area contributed by atoms with Crippen molar-refractivity contribution in [2.24, 2.45) is 5.73 Å². The molecule has 3 N–H and O–H groups in total. The van der Waals surface area contributed by atoms with E-state index in [9.17, 15) is 0 Å².